The van der Waals surface area contributed by atoms with E-state index < -0.39 is 0 Å². The van der Waals surface area contributed by atoms with E-state index in [1.54, 1.807) is 12.5 Å². The van der Waals surface area contributed by atoms with Crippen molar-refractivity contribution in [2.45, 2.75) is 6.17 Å². The standard InChI is InChI=1S/C7H10N3O/c1-3-10(6-8-1)7-5-11-4-2-9-7/h1,3,6-7H,2,4-5H2. The highest BCUT2D eigenvalue weighted by Gasteiger charge is 2.14. The van der Waals surface area contributed by atoms with E-state index in [1.807, 2.05) is 10.8 Å². The summed E-state index contributed by atoms with van der Waals surface area (Å²) in [6.07, 6.45) is 5.57. The Hall–Kier alpha value is -0.870. The molecule has 1 aromatic rings. The molecular formula is C7H10N3O. The maximum Gasteiger partial charge on any atom is 0.124 e. The maximum atomic E-state index is 5.26. The molecule has 0 spiro atoms. The number of hydrogen-bond donors (Lipinski definition) is 0. The van der Waals surface area contributed by atoms with E-state index in [4.69, 9.17) is 4.74 Å². The smallest absolute Gasteiger partial charge is 0.124 e. The van der Waals surface area contributed by atoms with E-state index in [2.05, 4.69) is 10.3 Å². The van der Waals surface area contributed by atoms with Crippen LogP contribution >= 0.6 is 0 Å². The number of ether oxygens (including phenoxy) is 1. The summed E-state index contributed by atoms with van der Waals surface area (Å²) in [5.74, 6) is 0. The van der Waals surface area contributed by atoms with Crippen molar-refractivity contribution in [3.63, 3.8) is 0 Å². The SMILES string of the molecule is c1cn(C2COCC[N]2)cn1. The van der Waals surface area contributed by atoms with Crippen molar-refractivity contribution in [2.75, 3.05) is 19.8 Å². The van der Waals surface area contributed by atoms with Crippen LogP contribution < -0.4 is 5.32 Å². The first-order valence-corrected chi connectivity index (χ1v) is 3.68. The monoisotopic (exact) mass is 152 g/mol. The molecular weight excluding hydrogens is 142 g/mol. The van der Waals surface area contributed by atoms with Gasteiger partial charge in [0.15, 0.2) is 0 Å². The van der Waals surface area contributed by atoms with Gasteiger partial charge in [-0.05, 0) is 0 Å². The second-order valence-electron chi connectivity index (χ2n) is 2.47. The lowest BCUT2D eigenvalue weighted by atomic mass is 10.4. The summed E-state index contributed by atoms with van der Waals surface area (Å²) in [5.41, 5.74) is 0. The largest absolute Gasteiger partial charge is 0.376 e. The zero-order valence-electron chi connectivity index (χ0n) is 6.18. The highest BCUT2D eigenvalue weighted by atomic mass is 16.5. The third-order valence-corrected chi connectivity index (χ3v) is 1.71. The average molecular weight is 152 g/mol. The fourth-order valence-electron chi connectivity index (χ4n) is 1.13. The summed E-state index contributed by atoms with van der Waals surface area (Å²) in [7, 11) is 0. The molecule has 1 aliphatic rings. The normalized spacial score (nSPS) is 25.3. The molecule has 1 saturated heterocycles. The van der Waals surface area contributed by atoms with Gasteiger partial charge in [-0.15, -0.1) is 0 Å². The van der Waals surface area contributed by atoms with Crippen molar-refractivity contribution in [3.8, 4) is 0 Å². The van der Waals surface area contributed by atoms with Gasteiger partial charge in [-0.3, -0.25) is 0 Å². The van der Waals surface area contributed by atoms with Gasteiger partial charge < -0.3 is 9.30 Å². The molecule has 4 nitrogen and oxygen atoms in total. The first-order valence-electron chi connectivity index (χ1n) is 3.68. The predicted octanol–water partition coefficient (Wildman–Crippen LogP) is 0.0163. The molecule has 1 radical (unpaired) electrons. The minimum atomic E-state index is 0.145. The highest BCUT2D eigenvalue weighted by molar-refractivity contribution is 4.80. The molecule has 1 atom stereocenters. The van der Waals surface area contributed by atoms with Crippen LogP contribution in [0.1, 0.15) is 6.17 Å². The van der Waals surface area contributed by atoms with Gasteiger partial charge in [-0.25, -0.2) is 10.3 Å². The highest BCUT2D eigenvalue weighted by Crippen LogP contribution is 2.06. The Balaban J connectivity index is 2.04. The third-order valence-electron chi connectivity index (χ3n) is 1.71. The van der Waals surface area contributed by atoms with E-state index in [9.17, 15) is 0 Å². The van der Waals surface area contributed by atoms with Crippen LogP contribution in [0.4, 0.5) is 0 Å². The Labute approximate surface area is 65.2 Å². The van der Waals surface area contributed by atoms with Crippen LogP contribution in [0.5, 0.6) is 0 Å². The number of morpholine rings is 1. The van der Waals surface area contributed by atoms with Crippen LogP contribution in [-0.2, 0) is 4.74 Å². The second kappa shape index (κ2) is 3.02. The zero-order chi connectivity index (χ0) is 7.52. The minimum Gasteiger partial charge on any atom is -0.376 e. The molecule has 2 heterocycles. The molecule has 1 aromatic heterocycles. The first-order chi connectivity index (χ1) is 5.47. The summed E-state index contributed by atoms with van der Waals surface area (Å²) in [4.78, 5) is 3.94. The third kappa shape index (κ3) is 1.41. The summed E-state index contributed by atoms with van der Waals surface area (Å²) in [6.45, 7) is 2.23. The van der Waals surface area contributed by atoms with Crippen molar-refractivity contribution in [3.05, 3.63) is 18.7 Å². The van der Waals surface area contributed by atoms with Crippen molar-refractivity contribution < 1.29 is 4.74 Å². The Morgan fingerprint density at radius 2 is 2.55 bits per heavy atom. The second-order valence-corrected chi connectivity index (χ2v) is 2.47. The van der Waals surface area contributed by atoms with Crippen LogP contribution in [-0.4, -0.2) is 29.3 Å². The van der Waals surface area contributed by atoms with Gasteiger partial charge in [0.05, 0.1) is 19.5 Å². The minimum absolute atomic E-state index is 0.145. The van der Waals surface area contributed by atoms with E-state index in [0.29, 0.717) is 6.61 Å². The average Bonchev–Trinajstić information content (AvgIpc) is 2.58. The molecule has 0 bridgehead atoms. The molecule has 11 heavy (non-hydrogen) atoms. The molecule has 59 valence electrons. The summed E-state index contributed by atoms with van der Waals surface area (Å²) >= 11 is 0. The van der Waals surface area contributed by atoms with Gasteiger partial charge in [0.25, 0.3) is 0 Å². The quantitative estimate of drug-likeness (QED) is 0.569. The van der Waals surface area contributed by atoms with Crippen molar-refractivity contribution in [2.24, 2.45) is 0 Å². The van der Waals surface area contributed by atoms with Gasteiger partial charge in [0.2, 0.25) is 0 Å². The van der Waals surface area contributed by atoms with E-state index in [1.165, 1.54) is 0 Å². The van der Waals surface area contributed by atoms with Crippen LogP contribution in [0.3, 0.4) is 0 Å². The van der Waals surface area contributed by atoms with Crippen LogP contribution in [0.25, 0.3) is 0 Å². The number of aromatic nitrogens is 2. The Morgan fingerprint density at radius 1 is 1.55 bits per heavy atom. The summed E-state index contributed by atoms with van der Waals surface area (Å²) < 4.78 is 7.22. The number of rotatable bonds is 1. The first kappa shape index (κ1) is 6.82. The fourth-order valence-corrected chi connectivity index (χ4v) is 1.13. The van der Waals surface area contributed by atoms with Gasteiger partial charge >= 0.3 is 0 Å². The lowest BCUT2D eigenvalue weighted by Crippen LogP contribution is -2.32. The summed E-state index contributed by atoms with van der Waals surface area (Å²) in [6, 6.07) is 0. The molecule has 4 heteroatoms. The zero-order valence-corrected chi connectivity index (χ0v) is 6.18. The molecule has 1 aliphatic heterocycles. The van der Waals surface area contributed by atoms with E-state index in [0.717, 1.165) is 13.2 Å². The Morgan fingerprint density at radius 3 is 3.18 bits per heavy atom. The predicted molar refractivity (Wildman–Crippen MR) is 39.1 cm³/mol. The molecule has 0 aromatic carbocycles. The number of hydrogen-bond acceptors (Lipinski definition) is 2. The van der Waals surface area contributed by atoms with Crippen molar-refractivity contribution in [1.29, 1.82) is 0 Å². The van der Waals surface area contributed by atoms with Gasteiger partial charge in [0, 0.05) is 18.9 Å². The summed E-state index contributed by atoms with van der Waals surface area (Å²) in [5, 5.41) is 4.37. The lowest BCUT2D eigenvalue weighted by molar-refractivity contribution is 0.0505. The number of nitrogens with zero attached hydrogens (tertiary/aromatic N) is 3. The van der Waals surface area contributed by atoms with E-state index in [-0.39, 0.29) is 6.17 Å². The van der Waals surface area contributed by atoms with Gasteiger partial charge in [0.1, 0.15) is 6.17 Å². The van der Waals surface area contributed by atoms with Gasteiger partial charge in [-0.2, -0.15) is 0 Å². The molecule has 2 rings (SSSR count). The molecule has 1 fully saturated rings. The Kier molecular flexibility index (Phi) is 1.87. The molecule has 0 aliphatic carbocycles. The van der Waals surface area contributed by atoms with Gasteiger partial charge in [-0.1, -0.05) is 0 Å². The van der Waals surface area contributed by atoms with Crippen LogP contribution in [0.15, 0.2) is 18.7 Å². The lowest BCUT2D eigenvalue weighted by Gasteiger charge is -2.22. The molecule has 0 saturated carbocycles. The van der Waals surface area contributed by atoms with Crippen molar-refractivity contribution >= 4 is 0 Å². The fraction of sp³-hybridized carbons (Fsp3) is 0.571. The molecule has 0 amide bonds. The molecule has 0 N–H and O–H groups in total. The maximum absolute atomic E-state index is 5.26. The molecule has 1 unspecified atom stereocenters. The van der Waals surface area contributed by atoms with E-state index >= 15 is 0 Å². The van der Waals surface area contributed by atoms with Crippen LogP contribution in [0, 0.1) is 0 Å². The topological polar surface area (TPSA) is 41.2 Å². The number of imidazole rings is 1. The van der Waals surface area contributed by atoms with Crippen LogP contribution in [0.2, 0.25) is 0 Å². The van der Waals surface area contributed by atoms with Crippen molar-refractivity contribution in [1.82, 2.24) is 14.9 Å². The Bertz CT molecular complexity index is 203.